The third kappa shape index (κ3) is 6.42. The summed E-state index contributed by atoms with van der Waals surface area (Å²) in [6, 6.07) is 41.8. The van der Waals surface area contributed by atoms with Crippen molar-refractivity contribution >= 4 is 0 Å². The lowest BCUT2D eigenvalue weighted by atomic mass is 9.73. The lowest BCUT2D eigenvalue weighted by Crippen LogP contribution is -2.30. The number of rotatable bonds is 12. The molecule has 0 aromatic heterocycles. The van der Waals surface area contributed by atoms with Crippen molar-refractivity contribution in [3.8, 4) is 0 Å². The van der Waals surface area contributed by atoms with Crippen LogP contribution in [0.3, 0.4) is 0 Å². The summed E-state index contributed by atoms with van der Waals surface area (Å²) in [5.41, 5.74) is 12.1. The summed E-state index contributed by atoms with van der Waals surface area (Å²) in [6.45, 7) is 4.26. The van der Waals surface area contributed by atoms with E-state index in [9.17, 15) is 0 Å². The maximum absolute atomic E-state index is 5.53. The first-order chi connectivity index (χ1) is 16.9. The molecular formula is C31H35N3. The molecule has 0 aliphatic heterocycles. The summed E-state index contributed by atoms with van der Waals surface area (Å²) in [4.78, 5) is 0. The lowest BCUT2D eigenvalue weighted by Gasteiger charge is -2.29. The number of hydrogen-bond donors (Lipinski definition) is 3. The van der Waals surface area contributed by atoms with E-state index in [4.69, 9.17) is 5.73 Å². The third-order valence-electron chi connectivity index (χ3n) is 6.28. The van der Waals surface area contributed by atoms with E-state index in [0.29, 0.717) is 6.54 Å². The summed E-state index contributed by atoms with van der Waals surface area (Å²) in [6.07, 6.45) is 0. The Morgan fingerprint density at radius 3 is 1.32 bits per heavy atom. The van der Waals surface area contributed by atoms with E-state index in [1.165, 1.54) is 27.8 Å². The zero-order valence-electron chi connectivity index (χ0n) is 19.7. The molecule has 0 bridgehead atoms. The van der Waals surface area contributed by atoms with Gasteiger partial charge in [-0.3, -0.25) is 0 Å². The van der Waals surface area contributed by atoms with Crippen LogP contribution in [0.4, 0.5) is 0 Å². The van der Waals surface area contributed by atoms with E-state index in [1.807, 2.05) is 0 Å². The van der Waals surface area contributed by atoms with E-state index in [0.717, 1.165) is 26.2 Å². The Labute approximate surface area is 204 Å². The minimum Gasteiger partial charge on any atom is -0.329 e. The number of hydrogen-bond acceptors (Lipinski definition) is 3. The van der Waals surface area contributed by atoms with Crippen LogP contribution in [0.2, 0.25) is 0 Å². The van der Waals surface area contributed by atoms with Gasteiger partial charge in [0.05, 0.1) is 0 Å². The molecule has 0 saturated heterocycles. The van der Waals surface area contributed by atoms with Crippen LogP contribution in [-0.4, -0.2) is 26.2 Å². The van der Waals surface area contributed by atoms with Crippen LogP contribution >= 0.6 is 0 Å². The Morgan fingerprint density at radius 1 is 0.471 bits per heavy atom. The van der Waals surface area contributed by atoms with Gasteiger partial charge in [-0.2, -0.15) is 0 Å². The molecular weight excluding hydrogens is 414 g/mol. The van der Waals surface area contributed by atoms with Crippen molar-refractivity contribution < 1.29 is 0 Å². The van der Waals surface area contributed by atoms with Crippen LogP contribution in [0.1, 0.15) is 39.7 Å². The van der Waals surface area contributed by atoms with E-state index in [-0.39, 0.29) is 11.8 Å². The predicted octanol–water partition coefficient (Wildman–Crippen LogP) is 5.29. The Morgan fingerprint density at radius 2 is 0.882 bits per heavy atom. The molecule has 4 aromatic carbocycles. The first-order valence-electron chi connectivity index (χ1n) is 12.2. The second-order valence-corrected chi connectivity index (χ2v) is 8.64. The molecule has 0 spiro atoms. The zero-order valence-corrected chi connectivity index (χ0v) is 19.7. The van der Waals surface area contributed by atoms with Crippen molar-refractivity contribution in [3.05, 3.63) is 143 Å². The second-order valence-electron chi connectivity index (χ2n) is 8.64. The molecule has 4 aromatic rings. The smallest absolute Gasteiger partial charge is 0.0206 e. The highest BCUT2D eigenvalue weighted by atomic mass is 14.9. The van der Waals surface area contributed by atoms with Gasteiger partial charge in [-0.05, 0) is 27.8 Å². The highest BCUT2D eigenvalue weighted by molar-refractivity contribution is 5.45. The third-order valence-corrected chi connectivity index (χ3v) is 6.28. The molecule has 4 N–H and O–H groups in total. The van der Waals surface area contributed by atoms with Gasteiger partial charge in [0.15, 0.2) is 0 Å². The van der Waals surface area contributed by atoms with Crippen molar-refractivity contribution in [1.29, 1.82) is 0 Å². The lowest BCUT2D eigenvalue weighted by molar-refractivity contribution is 0.614. The normalized spacial score (nSPS) is 12.1. The zero-order chi connectivity index (χ0) is 23.4. The largest absolute Gasteiger partial charge is 0.329 e. The van der Waals surface area contributed by atoms with Crippen molar-refractivity contribution in [2.24, 2.45) is 5.73 Å². The van der Waals surface area contributed by atoms with Crippen molar-refractivity contribution in [1.82, 2.24) is 10.6 Å². The number of nitrogens with one attached hydrogen (secondary N) is 2. The van der Waals surface area contributed by atoms with Gasteiger partial charge in [-0.1, -0.05) is 115 Å². The van der Waals surface area contributed by atoms with Crippen LogP contribution in [-0.2, 0) is 6.54 Å². The predicted molar refractivity (Wildman–Crippen MR) is 143 cm³/mol. The van der Waals surface area contributed by atoms with Crippen molar-refractivity contribution in [2.45, 2.75) is 18.4 Å². The van der Waals surface area contributed by atoms with Crippen LogP contribution in [0.5, 0.6) is 0 Å². The Balaban J connectivity index is 1.63. The van der Waals surface area contributed by atoms with E-state index in [1.54, 1.807) is 0 Å². The molecule has 1 atom stereocenters. The Hall–Kier alpha value is -3.24. The first kappa shape index (κ1) is 23.9. The summed E-state index contributed by atoms with van der Waals surface area (Å²) in [5, 5.41) is 6.83. The van der Waals surface area contributed by atoms with Gasteiger partial charge in [0.25, 0.3) is 0 Å². The highest BCUT2D eigenvalue weighted by Crippen LogP contribution is 2.42. The molecule has 0 aliphatic rings. The highest BCUT2D eigenvalue weighted by Gasteiger charge is 2.27. The molecule has 174 valence electrons. The van der Waals surface area contributed by atoms with Crippen LogP contribution < -0.4 is 16.4 Å². The molecule has 0 saturated carbocycles. The van der Waals surface area contributed by atoms with Crippen molar-refractivity contribution in [2.75, 3.05) is 26.2 Å². The summed E-state index contributed by atoms with van der Waals surface area (Å²) >= 11 is 0. The van der Waals surface area contributed by atoms with Gasteiger partial charge in [0, 0.05) is 44.6 Å². The monoisotopic (exact) mass is 449 g/mol. The average molecular weight is 450 g/mol. The summed E-state index contributed by atoms with van der Waals surface area (Å²) in [7, 11) is 0. The van der Waals surface area contributed by atoms with Gasteiger partial charge < -0.3 is 16.4 Å². The van der Waals surface area contributed by atoms with Gasteiger partial charge >= 0.3 is 0 Å². The maximum Gasteiger partial charge on any atom is 0.0206 e. The molecule has 3 nitrogen and oxygen atoms in total. The topological polar surface area (TPSA) is 50.1 Å². The van der Waals surface area contributed by atoms with E-state index < -0.39 is 0 Å². The molecule has 34 heavy (non-hydrogen) atoms. The van der Waals surface area contributed by atoms with Crippen LogP contribution in [0, 0.1) is 0 Å². The average Bonchev–Trinajstić information content (AvgIpc) is 2.91. The SMILES string of the molecule is NCCNCCNCc1ccc(C(c2ccccc2)C(c2ccccc2)c2ccccc2)cc1. The van der Waals surface area contributed by atoms with Gasteiger partial charge in [0.2, 0.25) is 0 Å². The summed E-state index contributed by atoms with van der Waals surface area (Å²) in [5.74, 6) is 0.441. The van der Waals surface area contributed by atoms with E-state index >= 15 is 0 Å². The quantitative estimate of drug-likeness (QED) is 0.258. The standard InChI is InChI=1S/C31H35N3/c32-20-21-33-22-23-34-24-25-16-18-29(19-17-25)31(28-14-8-3-9-15-28)30(26-10-4-1-5-11-26)27-12-6-2-7-13-27/h1-19,30-31,33-34H,20-24,32H2. The van der Waals surface area contributed by atoms with Crippen LogP contribution in [0.25, 0.3) is 0 Å². The molecule has 0 amide bonds. The number of benzene rings is 4. The molecule has 0 heterocycles. The Kier molecular flexibility index (Phi) is 9.04. The van der Waals surface area contributed by atoms with Gasteiger partial charge in [0.1, 0.15) is 0 Å². The van der Waals surface area contributed by atoms with E-state index in [2.05, 4.69) is 126 Å². The molecule has 4 rings (SSSR count). The van der Waals surface area contributed by atoms with Gasteiger partial charge in [-0.25, -0.2) is 0 Å². The minimum absolute atomic E-state index is 0.216. The molecule has 0 radical (unpaired) electrons. The number of nitrogens with two attached hydrogens (primary N) is 1. The first-order valence-corrected chi connectivity index (χ1v) is 12.2. The maximum atomic E-state index is 5.53. The molecule has 3 heteroatoms. The fourth-order valence-electron chi connectivity index (χ4n) is 4.62. The fraction of sp³-hybridized carbons (Fsp3) is 0.226. The molecule has 0 fully saturated rings. The minimum atomic E-state index is 0.216. The Bertz CT molecular complexity index is 1040. The molecule has 0 aliphatic carbocycles. The van der Waals surface area contributed by atoms with Crippen LogP contribution in [0.15, 0.2) is 115 Å². The molecule has 1 unspecified atom stereocenters. The summed E-state index contributed by atoms with van der Waals surface area (Å²) < 4.78 is 0. The van der Waals surface area contributed by atoms with Gasteiger partial charge in [-0.15, -0.1) is 0 Å². The second kappa shape index (κ2) is 12.9. The fourth-order valence-corrected chi connectivity index (χ4v) is 4.62. The van der Waals surface area contributed by atoms with Crippen molar-refractivity contribution in [3.63, 3.8) is 0 Å².